The van der Waals surface area contributed by atoms with E-state index in [4.69, 9.17) is 4.42 Å². The van der Waals surface area contributed by atoms with Crippen LogP contribution in [0.25, 0.3) is 77.6 Å². The van der Waals surface area contributed by atoms with Crippen molar-refractivity contribution in [3.63, 3.8) is 0 Å². The number of rotatable bonds is 7. The Labute approximate surface area is 345 Å². The van der Waals surface area contributed by atoms with Crippen molar-refractivity contribution in [1.82, 2.24) is 0 Å². The van der Waals surface area contributed by atoms with Gasteiger partial charge in [-0.05, 0) is 110 Å². The third-order valence-corrected chi connectivity index (χ3v) is 12.3. The quantitative estimate of drug-likeness (QED) is 0.161. The average molecular weight is 756 g/mol. The minimum atomic E-state index is -0.153. The van der Waals surface area contributed by atoms with Crippen LogP contribution in [0.5, 0.6) is 0 Å². The van der Waals surface area contributed by atoms with Crippen LogP contribution in [-0.2, 0) is 5.41 Å². The fourth-order valence-electron chi connectivity index (χ4n) is 9.43. The number of hydrogen-bond donors (Lipinski definition) is 0. The van der Waals surface area contributed by atoms with Gasteiger partial charge in [-0.2, -0.15) is 0 Å². The molecule has 0 bridgehead atoms. The zero-order valence-corrected chi connectivity index (χ0v) is 33.1. The van der Waals surface area contributed by atoms with E-state index in [2.05, 4.69) is 225 Å². The number of furan rings is 1. The molecule has 0 amide bonds. The number of fused-ring (bicyclic) bond motifs is 6. The van der Waals surface area contributed by atoms with Gasteiger partial charge in [-0.25, -0.2) is 0 Å². The lowest BCUT2D eigenvalue weighted by Crippen LogP contribution is -2.15. The van der Waals surface area contributed by atoms with Crippen LogP contribution >= 0.6 is 0 Å². The second kappa shape index (κ2) is 13.9. The van der Waals surface area contributed by atoms with Crippen LogP contribution in [0.15, 0.2) is 217 Å². The first-order valence-corrected chi connectivity index (χ1v) is 20.4. The monoisotopic (exact) mass is 755 g/mol. The summed E-state index contributed by atoms with van der Waals surface area (Å²) in [7, 11) is 0. The van der Waals surface area contributed by atoms with Crippen molar-refractivity contribution in [3.8, 4) is 55.6 Å². The fourth-order valence-corrected chi connectivity index (χ4v) is 9.43. The SMILES string of the molecule is CC1(C)c2ccccc2-c2ccc(-c3c(-c4ccccc4)cccc3N(c3cc(-c4ccccc4)cc(-c4ccccc4)c3)c3cccc4oc5ccccc5c34)cc21. The maximum Gasteiger partial charge on any atom is 0.137 e. The van der Waals surface area contributed by atoms with Gasteiger partial charge in [0, 0.05) is 22.1 Å². The lowest BCUT2D eigenvalue weighted by molar-refractivity contribution is 0.660. The number of anilines is 3. The predicted molar refractivity (Wildman–Crippen MR) is 248 cm³/mol. The summed E-state index contributed by atoms with van der Waals surface area (Å²) in [5.41, 5.74) is 19.4. The highest BCUT2D eigenvalue weighted by molar-refractivity contribution is 6.14. The van der Waals surface area contributed by atoms with Gasteiger partial charge in [-0.1, -0.05) is 178 Å². The number of hydrogen-bond acceptors (Lipinski definition) is 2. The van der Waals surface area contributed by atoms with Gasteiger partial charge in [0.2, 0.25) is 0 Å². The van der Waals surface area contributed by atoms with E-state index < -0.39 is 0 Å². The molecule has 0 aliphatic heterocycles. The normalized spacial score (nSPS) is 12.7. The molecule has 2 heteroatoms. The zero-order chi connectivity index (χ0) is 39.5. The van der Waals surface area contributed by atoms with Crippen LogP contribution < -0.4 is 4.90 Å². The summed E-state index contributed by atoms with van der Waals surface area (Å²) in [6.45, 7) is 4.73. The number of nitrogens with zero attached hydrogens (tertiary/aromatic N) is 1. The van der Waals surface area contributed by atoms with E-state index in [0.29, 0.717) is 0 Å². The van der Waals surface area contributed by atoms with Crippen molar-refractivity contribution in [3.05, 3.63) is 223 Å². The zero-order valence-electron chi connectivity index (χ0n) is 33.1. The molecule has 0 saturated carbocycles. The molecular formula is C57H41NO. The molecular weight excluding hydrogens is 715 g/mol. The van der Waals surface area contributed by atoms with E-state index in [-0.39, 0.29) is 5.41 Å². The number of para-hydroxylation sites is 1. The van der Waals surface area contributed by atoms with Crippen LogP contribution in [0.1, 0.15) is 25.0 Å². The Morgan fingerprint density at radius 1 is 0.373 bits per heavy atom. The molecule has 1 heterocycles. The van der Waals surface area contributed by atoms with Crippen LogP contribution in [0.3, 0.4) is 0 Å². The highest BCUT2D eigenvalue weighted by atomic mass is 16.3. The molecule has 0 radical (unpaired) electrons. The largest absolute Gasteiger partial charge is 0.456 e. The van der Waals surface area contributed by atoms with Gasteiger partial charge in [0.15, 0.2) is 0 Å². The van der Waals surface area contributed by atoms with Gasteiger partial charge in [0.25, 0.3) is 0 Å². The van der Waals surface area contributed by atoms with Gasteiger partial charge < -0.3 is 9.32 Å². The highest BCUT2D eigenvalue weighted by Crippen LogP contribution is 2.53. The Morgan fingerprint density at radius 3 is 1.66 bits per heavy atom. The van der Waals surface area contributed by atoms with Crippen molar-refractivity contribution < 1.29 is 4.42 Å². The van der Waals surface area contributed by atoms with Crippen LogP contribution in [-0.4, -0.2) is 0 Å². The molecule has 1 aliphatic carbocycles. The topological polar surface area (TPSA) is 16.4 Å². The second-order valence-corrected chi connectivity index (χ2v) is 16.1. The molecule has 1 aromatic heterocycles. The lowest BCUT2D eigenvalue weighted by Gasteiger charge is -2.31. The maximum atomic E-state index is 6.59. The average Bonchev–Trinajstić information content (AvgIpc) is 3.79. The van der Waals surface area contributed by atoms with Gasteiger partial charge in [0.05, 0.1) is 16.8 Å². The van der Waals surface area contributed by atoms with Gasteiger partial charge >= 0.3 is 0 Å². The first-order chi connectivity index (χ1) is 29.0. The summed E-state index contributed by atoms with van der Waals surface area (Å²) in [6.07, 6.45) is 0. The van der Waals surface area contributed by atoms with E-state index in [9.17, 15) is 0 Å². The molecule has 1 aliphatic rings. The summed E-state index contributed by atoms with van der Waals surface area (Å²) in [5, 5.41) is 2.17. The van der Waals surface area contributed by atoms with Crippen molar-refractivity contribution in [2.45, 2.75) is 19.3 Å². The third kappa shape index (κ3) is 5.79. The van der Waals surface area contributed by atoms with Crippen molar-refractivity contribution in [2.75, 3.05) is 4.90 Å². The first kappa shape index (κ1) is 34.8. The van der Waals surface area contributed by atoms with Gasteiger partial charge in [-0.15, -0.1) is 0 Å². The molecule has 0 fully saturated rings. The molecule has 9 aromatic carbocycles. The summed E-state index contributed by atoms with van der Waals surface area (Å²) >= 11 is 0. The highest BCUT2D eigenvalue weighted by Gasteiger charge is 2.36. The fraction of sp³-hybridized carbons (Fsp3) is 0.0526. The smallest absolute Gasteiger partial charge is 0.137 e. The van der Waals surface area contributed by atoms with E-state index >= 15 is 0 Å². The summed E-state index contributed by atoms with van der Waals surface area (Å²) in [5.74, 6) is 0. The van der Waals surface area contributed by atoms with Gasteiger partial charge in [0.1, 0.15) is 11.2 Å². The molecule has 59 heavy (non-hydrogen) atoms. The second-order valence-electron chi connectivity index (χ2n) is 16.1. The van der Waals surface area contributed by atoms with Crippen LogP contribution in [0, 0.1) is 0 Å². The first-order valence-electron chi connectivity index (χ1n) is 20.4. The molecule has 0 saturated heterocycles. The summed E-state index contributed by atoms with van der Waals surface area (Å²) in [6, 6.07) is 77.0. The standard InChI is InChI=1S/C57H41NO/c1-57(2)49-27-14-12-24-46(49)47-33-32-41(37-50(47)57)55-45(40-22-10-5-11-23-40)26-16-28-51(55)58(52-29-17-31-54-56(52)48-25-13-15-30-53(48)59-54)44-35-42(38-18-6-3-7-19-38)34-43(36-44)39-20-8-4-9-21-39/h3-37H,1-2H3. The van der Waals surface area contributed by atoms with Crippen molar-refractivity contribution in [2.24, 2.45) is 0 Å². The minimum absolute atomic E-state index is 0.153. The molecule has 11 rings (SSSR count). The van der Waals surface area contributed by atoms with Crippen molar-refractivity contribution >= 4 is 39.0 Å². The Balaban J connectivity index is 1.25. The molecule has 0 unspecified atom stereocenters. The van der Waals surface area contributed by atoms with E-state index in [1.807, 2.05) is 6.07 Å². The van der Waals surface area contributed by atoms with Crippen LogP contribution in [0.2, 0.25) is 0 Å². The third-order valence-electron chi connectivity index (χ3n) is 12.3. The Hall–Kier alpha value is -7.42. The minimum Gasteiger partial charge on any atom is -0.456 e. The summed E-state index contributed by atoms with van der Waals surface area (Å²) in [4.78, 5) is 2.48. The molecule has 0 N–H and O–H groups in total. The summed E-state index contributed by atoms with van der Waals surface area (Å²) < 4.78 is 6.59. The molecule has 0 spiro atoms. The maximum absolute atomic E-state index is 6.59. The Bertz CT molecular complexity index is 3120. The molecule has 10 aromatic rings. The van der Waals surface area contributed by atoms with Gasteiger partial charge in [-0.3, -0.25) is 0 Å². The van der Waals surface area contributed by atoms with E-state index in [0.717, 1.165) is 61.3 Å². The Morgan fingerprint density at radius 2 is 0.932 bits per heavy atom. The van der Waals surface area contributed by atoms with Crippen LogP contribution in [0.4, 0.5) is 17.1 Å². The predicted octanol–water partition coefficient (Wildman–Crippen LogP) is 16.0. The van der Waals surface area contributed by atoms with E-state index in [1.165, 1.54) is 44.5 Å². The molecule has 0 atom stereocenters. The lowest BCUT2D eigenvalue weighted by atomic mass is 9.81. The van der Waals surface area contributed by atoms with E-state index in [1.54, 1.807) is 0 Å². The number of benzene rings is 9. The molecule has 280 valence electrons. The molecule has 2 nitrogen and oxygen atoms in total. The Kier molecular flexibility index (Phi) is 8.20. The van der Waals surface area contributed by atoms with Crippen molar-refractivity contribution in [1.29, 1.82) is 0 Å².